The van der Waals surface area contributed by atoms with E-state index in [2.05, 4.69) is 0 Å². The van der Waals surface area contributed by atoms with Gasteiger partial charge in [-0.25, -0.2) is 0 Å². The van der Waals surface area contributed by atoms with Crippen LogP contribution in [0.1, 0.15) is 31.4 Å². The molecule has 0 saturated heterocycles. The number of hydrogen-bond donors (Lipinski definition) is 2. The second-order valence-corrected chi connectivity index (χ2v) is 4.27. The normalized spacial score (nSPS) is 19.2. The van der Waals surface area contributed by atoms with Gasteiger partial charge in [-0.3, -0.25) is 0 Å². The van der Waals surface area contributed by atoms with Crippen molar-refractivity contribution in [3.05, 3.63) is 29.8 Å². The van der Waals surface area contributed by atoms with Gasteiger partial charge in [0.1, 0.15) is 11.9 Å². The molecule has 0 amide bonds. The molecule has 88 valence electrons. The molecule has 3 heteroatoms. The lowest BCUT2D eigenvalue weighted by molar-refractivity contribution is 0.00482. The summed E-state index contributed by atoms with van der Waals surface area (Å²) in [6, 6.07) is 7.26. The maximum absolute atomic E-state index is 9.93. The number of aliphatic hydroxyl groups excluding tert-OH is 2. The van der Waals surface area contributed by atoms with Crippen LogP contribution in [0.3, 0.4) is 0 Å². The Morgan fingerprint density at radius 1 is 1.25 bits per heavy atom. The van der Waals surface area contributed by atoms with Crippen molar-refractivity contribution in [3.63, 3.8) is 0 Å². The highest BCUT2D eigenvalue weighted by Crippen LogP contribution is 2.38. The molecular formula is C13H18O3. The maximum atomic E-state index is 9.93. The van der Waals surface area contributed by atoms with Gasteiger partial charge in [0, 0.05) is 0 Å². The summed E-state index contributed by atoms with van der Waals surface area (Å²) >= 11 is 0. The molecule has 0 spiro atoms. The highest BCUT2D eigenvalue weighted by Gasteiger charge is 2.34. The molecule has 2 N–H and O–H groups in total. The molecular weight excluding hydrogens is 204 g/mol. The minimum Gasteiger partial charge on any atom is -0.494 e. The van der Waals surface area contributed by atoms with Crippen LogP contribution in [0.15, 0.2) is 24.3 Å². The lowest BCUT2D eigenvalue weighted by atomic mass is 10.0. The third-order valence-corrected chi connectivity index (χ3v) is 2.96. The first kappa shape index (κ1) is 11.4. The molecule has 16 heavy (non-hydrogen) atoms. The zero-order chi connectivity index (χ0) is 11.5. The van der Waals surface area contributed by atoms with Crippen molar-refractivity contribution in [1.82, 2.24) is 0 Å². The molecule has 2 unspecified atom stereocenters. The summed E-state index contributed by atoms with van der Waals surface area (Å²) in [4.78, 5) is 0. The standard InChI is InChI=1S/C13H18O3/c1-2-16-11-7-5-10(6-8-11)13(15)12(14)9-3-4-9/h5-9,12-15H,2-4H2,1H3. The van der Waals surface area contributed by atoms with E-state index in [1.165, 1.54) is 0 Å². The summed E-state index contributed by atoms with van der Waals surface area (Å²) in [5.41, 5.74) is 0.753. The summed E-state index contributed by atoms with van der Waals surface area (Å²) in [5.74, 6) is 1.07. The molecule has 2 rings (SSSR count). The van der Waals surface area contributed by atoms with E-state index < -0.39 is 12.2 Å². The van der Waals surface area contributed by atoms with Crippen molar-refractivity contribution in [2.24, 2.45) is 5.92 Å². The van der Waals surface area contributed by atoms with E-state index in [9.17, 15) is 10.2 Å². The molecule has 1 fully saturated rings. The van der Waals surface area contributed by atoms with Gasteiger partial charge in [0.2, 0.25) is 0 Å². The quantitative estimate of drug-likeness (QED) is 0.800. The van der Waals surface area contributed by atoms with Gasteiger partial charge in [0.25, 0.3) is 0 Å². The van der Waals surface area contributed by atoms with Crippen LogP contribution in [0.2, 0.25) is 0 Å². The van der Waals surface area contributed by atoms with Crippen LogP contribution >= 0.6 is 0 Å². The Morgan fingerprint density at radius 2 is 1.88 bits per heavy atom. The predicted molar refractivity (Wildman–Crippen MR) is 61.3 cm³/mol. The SMILES string of the molecule is CCOc1ccc(C(O)C(O)C2CC2)cc1. The number of aliphatic hydroxyl groups is 2. The molecule has 2 atom stereocenters. The zero-order valence-electron chi connectivity index (χ0n) is 9.47. The molecule has 1 saturated carbocycles. The summed E-state index contributed by atoms with van der Waals surface area (Å²) in [7, 11) is 0. The molecule has 0 heterocycles. The van der Waals surface area contributed by atoms with Crippen molar-refractivity contribution in [3.8, 4) is 5.75 Å². The molecule has 1 aromatic carbocycles. The van der Waals surface area contributed by atoms with E-state index in [1.54, 1.807) is 12.1 Å². The summed E-state index contributed by atoms with van der Waals surface area (Å²) in [6.45, 7) is 2.56. The molecule has 0 aliphatic heterocycles. The first-order chi connectivity index (χ1) is 7.72. The van der Waals surface area contributed by atoms with Crippen molar-refractivity contribution < 1.29 is 14.9 Å². The van der Waals surface area contributed by atoms with Crippen LogP contribution < -0.4 is 4.74 Å². The predicted octanol–water partition coefficient (Wildman–Crippen LogP) is 1.89. The van der Waals surface area contributed by atoms with Gasteiger partial charge in [0.05, 0.1) is 12.7 Å². The van der Waals surface area contributed by atoms with Gasteiger partial charge in [-0.2, -0.15) is 0 Å². The fraction of sp³-hybridized carbons (Fsp3) is 0.538. The Kier molecular flexibility index (Phi) is 3.46. The minimum atomic E-state index is -0.775. The molecule has 1 aliphatic rings. The van der Waals surface area contributed by atoms with E-state index in [4.69, 9.17) is 4.74 Å². The summed E-state index contributed by atoms with van der Waals surface area (Å²) < 4.78 is 5.32. The second kappa shape index (κ2) is 4.85. The van der Waals surface area contributed by atoms with E-state index in [0.29, 0.717) is 6.61 Å². The van der Waals surface area contributed by atoms with Crippen molar-refractivity contribution in [1.29, 1.82) is 0 Å². The smallest absolute Gasteiger partial charge is 0.119 e. The van der Waals surface area contributed by atoms with Crippen LogP contribution in [0.4, 0.5) is 0 Å². The largest absolute Gasteiger partial charge is 0.494 e. The molecule has 0 aromatic heterocycles. The van der Waals surface area contributed by atoms with Gasteiger partial charge >= 0.3 is 0 Å². The fourth-order valence-corrected chi connectivity index (χ4v) is 1.82. The van der Waals surface area contributed by atoms with E-state index in [1.807, 2.05) is 19.1 Å². The number of hydrogen-bond acceptors (Lipinski definition) is 3. The topological polar surface area (TPSA) is 49.7 Å². The van der Waals surface area contributed by atoms with Crippen LogP contribution in [0, 0.1) is 5.92 Å². The zero-order valence-corrected chi connectivity index (χ0v) is 9.47. The molecule has 1 aromatic rings. The van der Waals surface area contributed by atoms with Crippen molar-refractivity contribution in [2.45, 2.75) is 32.0 Å². The lowest BCUT2D eigenvalue weighted by Gasteiger charge is -2.17. The van der Waals surface area contributed by atoms with E-state index in [-0.39, 0.29) is 5.92 Å². The van der Waals surface area contributed by atoms with Crippen molar-refractivity contribution >= 4 is 0 Å². The van der Waals surface area contributed by atoms with Gasteiger partial charge in [-0.1, -0.05) is 12.1 Å². The maximum Gasteiger partial charge on any atom is 0.119 e. The first-order valence-electron chi connectivity index (χ1n) is 5.81. The molecule has 3 nitrogen and oxygen atoms in total. The Bertz CT molecular complexity index is 330. The number of ether oxygens (including phenoxy) is 1. The van der Waals surface area contributed by atoms with Crippen molar-refractivity contribution in [2.75, 3.05) is 6.61 Å². The van der Waals surface area contributed by atoms with Crippen LogP contribution in [0.5, 0.6) is 5.75 Å². The fourth-order valence-electron chi connectivity index (χ4n) is 1.82. The third-order valence-electron chi connectivity index (χ3n) is 2.96. The number of rotatable bonds is 5. The minimum absolute atomic E-state index is 0.279. The van der Waals surface area contributed by atoms with Crippen LogP contribution in [-0.4, -0.2) is 22.9 Å². The first-order valence-corrected chi connectivity index (χ1v) is 5.81. The van der Waals surface area contributed by atoms with E-state index in [0.717, 1.165) is 24.2 Å². The Morgan fingerprint density at radius 3 is 2.38 bits per heavy atom. The highest BCUT2D eigenvalue weighted by atomic mass is 16.5. The Balaban J connectivity index is 2.02. The number of benzene rings is 1. The van der Waals surface area contributed by atoms with Gasteiger partial charge in [-0.15, -0.1) is 0 Å². The summed E-state index contributed by atoms with van der Waals surface area (Å²) in [6.07, 6.45) is 0.644. The van der Waals surface area contributed by atoms with Gasteiger partial charge < -0.3 is 14.9 Å². The molecule has 0 radical (unpaired) electrons. The second-order valence-electron chi connectivity index (χ2n) is 4.27. The van der Waals surface area contributed by atoms with Gasteiger partial charge in [0.15, 0.2) is 0 Å². The monoisotopic (exact) mass is 222 g/mol. The van der Waals surface area contributed by atoms with Gasteiger partial charge in [-0.05, 0) is 43.4 Å². The average molecular weight is 222 g/mol. The highest BCUT2D eigenvalue weighted by molar-refractivity contribution is 5.29. The Hall–Kier alpha value is -1.06. The lowest BCUT2D eigenvalue weighted by Crippen LogP contribution is -2.20. The average Bonchev–Trinajstić information content (AvgIpc) is 3.12. The van der Waals surface area contributed by atoms with Crippen LogP contribution in [-0.2, 0) is 0 Å². The summed E-state index contributed by atoms with van der Waals surface area (Å²) in [5, 5.41) is 19.7. The van der Waals surface area contributed by atoms with E-state index >= 15 is 0 Å². The molecule has 1 aliphatic carbocycles. The van der Waals surface area contributed by atoms with Crippen LogP contribution in [0.25, 0.3) is 0 Å². The third kappa shape index (κ3) is 2.54. The molecule has 0 bridgehead atoms. The Labute approximate surface area is 95.7 Å².